The molecule has 7 rings (SSSR count). The molecule has 0 bridgehead atoms. The van der Waals surface area contributed by atoms with Crippen LogP contribution in [0.25, 0.3) is 5.65 Å². The van der Waals surface area contributed by atoms with Gasteiger partial charge in [0, 0.05) is 18.5 Å². The largest absolute Gasteiger partial charge is 0.593 e. The third kappa shape index (κ3) is 6.54. The van der Waals surface area contributed by atoms with E-state index in [-0.39, 0.29) is 34.9 Å². The lowest BCUT2D eigenvalue weighted by molar-refractivity contribution is 0.171. The molecule has 46 heavy (non-hydrogen) atoms. The van der Waals surface area contributed by atoms with Gasteiger partial charge in [0.15, 0.2) is 11.5 Å². The summed E-state index contributed by atoms with van der Waals surface area (Å²) in [4.78, 5) is 15.7. The number of carbonyl (C=O) groups excluding carboxylic acids is 1. The van der Waals surface area contributed by atoms with Crippen molar-refractivity contribution in [1.82, 2.24) is 24.8 Å². The molecule has 0 spiro atoms. The first kappa shape index (κ1) is 30.8. The first-order valence-electron chi connectivity index (χ1n) is 16.3. The number of rotatable bonds is 8. The highest BCUT2D eigenvalue weighted by atomic mass is 32.2. The van der Waals surface area contributed by atoms with Gasteiger partial charge < -0.3 is 19.9 Å². The lowest BCUT2D eigenvalue weighted by atomic mass is 9.85. The number of urea groups is 1. The zero-order valence-electron chi connectivity index (χ0n) is 27.0. The number of anilines is 2. The number of likely N-dealkylation sites (tertiary alicyclic amines) is 1. The van der Waals surface area contributed by atoms with Crippen LogP contribution < -0.4 is 20.1 Å². The van der Waals surface area contributed by atoms with Crippen LogP contribution in [-0.2, 0) is 16.8 Å². The van der Waals surface area contributed by atoms with Crippen LogP contribution in [-0.4, -0.2) is 48.9 Å². The van der Waals surface area contributed by atoms with Gasteiger partial charge >= 0.3 is 6.03 Å². The quantitative estimate of drug-likeness (QED) is 0.181. The molecule has 242 valence electrons. The maximum Gasteiger partial charge on any atom is 0.319 e. The summed E-state index contributed by atoms with van der Waals surface area (Å²) in [5.74, 6) is 1.72. The Morgan fingerprint density at radius 2 is 1.76 bits per heavy atom. The van der Waals surface area contributed by atoms with Crippen LogP contribution in [0.4, 0.5) is 16.2 Å². The lowest BCUT2D eigenvalue weighted by Crippen LogP contribution is -2.35. The molecule has 3 aliphatic rings. The van der Waals surface area contributed by atoms with Crippen molar-refractivity contribution in [1.29, 1.82) is 0 Å². The molecule has 4 atom stereocenters. The van der Waals surface area contributed by atoms with E-state index >= 15 is 0 Å². The van der Waals surface area contributed by atoms with Gasteiger partial charge in [0.1, 0.15) is 17.1 Å². The van der Waals surface area contributed by atoms with E-state index < -0.39 is 11.4 Å². The number of benzene rings is 2. The Balaban J connectivity index is 1.06. The second kappa shape index (κ2) is 12.4. The van der Waals surface area contributed by atoms with E-state index in [9.17, 15) is 9.35 Å². The van der Waals surface area contributed by atoms with Gasteiger partial charge in [-0.15, -0.1) is 10.2 Å². The van der Waals surface area contributed by atoms with Crippen molar-refractivity contribution >= 4 is 34.4 Å². The maximum atomic E-state index is 13.4. The van der Waals surface area contributed by atoms with Crippen molar-refractivity contribution < 1.29 is 14.1 Å². The highest BCUT2D eigenvalue weighted by Crippen LogP contribution is 2.39. The predicted octanol–water partition coefficient (Wildman–Crippen LogP) is 6.81. The van der Waals surface area contributed by atoms with E-state index in [0.717, 1.165) is 84.7 Å². The SMILES string of the molecule is CN1CCC[C@H]1c1nnc2ccc(O[C@@H]3CC[C@H](NC(=O)Nc4cc(N[S+]([O-])C5CC5)cc(C(C)(C)C)c4)c4ccccc43)cn12. The Bertz CT molecular complexity index is 1730. The topological polar surface area (TPSA) is 119 Å². The molecule has 2 aliphatic carbocycles. The molecule has 1 unspecified atom stereocenters. The minimum atomic E-state index is -1.12. The molecule has 1 aliphatic heterocycles. The van der Waals surface area contributed by atoms with Crippen LogP contribution >= 0.6 is 0 Å². The highest BCUT2D eigenvalue weighted by molar-refractivity contribution is 7.93. The van der Waals surface area contributed by atoms with Gasteiger partial charge in [-0.2, -0.15) is 0 Å². The number of hydrogen-bond acceptors (Lipinski definition) is 7. The Morgan fingerprint density at radius 1 is 0.978 bits per heavy atom. The van der Waals surface area contributed by atoms with Crippen molar-refractivity contribution in [2.24, 2.45) is 0 Å². The van der Waals surface area contributed by atoms with Gasteiger partial charge in [0.2, 0.25) is 0 Å². The number of aromatic nitrogens is 3. The summed E-state index contributed by atoms with van der Waals surface area (Å²) >= 11 is -1.12. The van der Waals surface area contributed by atoms with Gasteiger partial charge in [0.05, 0.1) is 35.3 Å². The first-order valence-corrected chi connectivity index (χ1v) is 17.5. The Kier molecular flexibility index (Phi) is 8.33. The summed E-state index contributed by atoms with van der Waals surface area (Å²) in [5, 5.41) is 15.4. The van der Waals surface area contributed by atoms with Crippen LogP contribution in [0.3, 0.4) is 0 Å². The fourth-order valence-electron chi connectivity index (χ4n) is 6.61. The summed E-state index contributed by atoms with van der Waals surface area (Å²) in [7, 11) is 2.14. The van der Waals surface area contributed by atoms with Gasteiger partial charge in [0.25, 0.3) is 0 Å². The van der Waals surface area contributed by atoms with Crippen LogP contribution in [0, 0.1) is 0 Å². The fourth-order valence-corrected chi connectivity index (χ4v) is 7.69. The van der Waals surface area contributed by atoms with Crippen LogP contribution in [0.5, 0.6) is 5.75 Å². The number of nitrogens with zero attached hydrogens (tertiary/aromatic N) is 4. The van der Waals surface area contributed by atoms with E-state index in [0.29, 0.717) is 5.69 Å². The predicted molar refractivity (Wildman–Crippen MR) is 181 cm³/mol. The smallest absolute Gasteiger partial charge is 0.319 e. The molecular weight excluding hydrogens is 598 g/mol. The third-order valence-corrected chi connectivity index (χ3v) is 10.9. The maximum absolute atomic E-state index is 13.4. The van der Waals surface area contributed by atoms with Crippen LogP contribution in [0.15, 0.2) is 60.8 Å². The number of fused-ring (bicyclic) bond motifs is 2. The summed E-state index contributed by atoms with van der Waals surface area (Å²) in [6.45, 7) is 7.44. The highest BCUT2D eigenvalue weighted by Gasteiger charge is 2.35. The van der Waals surface area contributed by atoms with Gasteiger partial charge in [-0.3, -0.25) is 9.30 Å². The van der Waals surface area contributed by atoms with Crippen molar-refractivity contribution in [2.45, 2.75) is 88.1 Å². The number of hydrogen-bond donors (Lipinski definition) is 3. The summed E-state index contributed by atoms with van der Waals surface area (Å²) in [6.07, 6.45) is 7.54. The number of pyridine rings is 1. The minimum Gasteiger partial charge on any atom is -0.593 e. The van der Waals surface area contributed by atoms with Crippen LogP contribution in [0.2, 0.25) is 0 Å². The van der Waals surface area contributed by atoms with Crippen molar-refractivity contribution in [3.05, 3.63) is 83.3 Å². The van der Waals surface area contributed by atoms with Gasteiger partial charge in [-0.25, -0.2) is 9.52 Å². The zero-order valence-corrected chi connectivity index (χ0v) is 27.8. The fraction of sp³-hybridized carbons (Fsp3) is 0.457. The molecule has 1 saturated heterocycles. The lowest BCUT2D eigenvalue weighted by Gasteiger charge is -2.32. The Morgan fingerprint density at radius 3 is 2.50 bits per heavy atom. The van der Waals surface area contributed by atoms with E-state index in [1.807, 2.05) is 48.7 Å². The monoisotopic (exact) mass is 641 g/mol. The Labute approximate surface area is 273 Å². The average Bonchev–Trinajstić information content (AvgIpc) is 3.68. The second-order valence-corrected chi connectivity index (χ2v) is 15.4. The Hall–Kier alpha value is -3.80. The summed E-state index contributed by atoms with van der Waals surface area (Å²) < 4.78 is 24.4. The molecule has 1 saturated carbocycles. The molecule has 2 aromatic heterocycles. The number of amides is 2. The molecular formula is C35H43N7O3S. The van der Waals surface area contributed by atoms with E-state index in [1.54, 1.807) is 0 Å². The molecule has 4 aromatic rings. The molecule has 2 aromatic carbocycles. The summed E-state index contributed by atoms with van der Waals surface area (Å²) in [6, 6.07) is 17.8. The third-order valence-electron chi connectivity index (χ3n) is 9.34. The molecule has 2 fully saturated rings. The van der Waals surface area contributed by atoms with Crippen LogP contribution in [0.1, 0.15) is 100.0 Å². The van der Waals surface area contributed by atoms with Gasteiger partial charge in [-0.1, -0.05) is 45.0 Å². The van der Waals surface area contributed by atoms with E-state index in [4.69, 9.17) is 4.74 Å². The summed E-state index contributed by atoms with van der Waals surface area (Å²) in [5.41, 5.74) is 5.27. The number of carbonyl (C=O) groups is 1. The number of nitrogens with one attached hydrogen (secondary N) is 3. The van der Waals surface area contributed by atoms with E-state index in [2.05, 4.69) is 74.8 Å². The zero-order chi connectivity index (χ0) is 32.0. The first-order chi connectivity index (χ1) is 22.1. The molecule has 10 nitrogen and oxygen atoms in total. The molecule has 2 amide bonds. The van der Waals surface area contributed by atoms with Gasteiger partial charge in [-0.05, 0) is 91.7 Å². The standard InChI is InChI=1S/C35H43N7O3S/c1-35(2,3)22-18-23(20-24(19-22)40-46(44)26-12-13-26)36-34(43)37-29-14-15-31(28-9-6-5-8-27(28)29)45-25-11-16-32-38-39-33(42(32)21-25)30-10-7-17-41(30)4/h5-6,8-9,11,16,18-21,26,29-31,40H,7,10,12-15,17H2,1-4H3,(H2,36,37,43)/t29-,30-,31+,46?/m0/s1. The van der Waals surface area contributed by atoms with E-state index in [1.165, 1.54) is 0 Å². The second-order valence-electron chi connectivity index (χ2n) is 13.9. The average molecular weight is 642 g/mol. The van der Waals surface area contributed by atoms with Crippen molar-refractivity contribution in [2.75, 3.05) is 23.6 Å². The molecule has 3 N–H and O–H groups in total. The van der Waals surface area contributed by atoms with Crippen molar-refractivity contribution in [3.8, 4) is 5.75 Å². The minimum absolute atomic E-state index is 0.143. The number of ether oxygens (including phenoxy) is 1. The molecule has 3 heterocycles. The molecule has 11 heteroatoms. The molecule has 0 radical (unpaired) electrons. The normalized spacial score (nSPS) is 22.3. The van der Waals surface area contributed by atoms with Crippen molar-refractivity contribution in [3.63, 3.8) is 0 Å².